The van der Waals surface area contributed by atoms with Gasteiger partial charge >= 0.3 is 0 Å². The van der Waals surface area contributed by atoms with Crippen molar-refractivity contribution in [3.8, 4) is 0 Å². The van der Waals surface area contributed by atoms with Gasteiger partial charge in [-0.1, -0.05) is 27.7 Å². The van der Waals surface area contributed by atoms with Gasteiger partial charge in [0.25, 0.3) is 0 Å². The zero-order valence-corrected chi connectivity index (χ0v) is 14.9. The van der Waals surface area contributed by atoms with Crippen LogP contribution in [0, 0.1) is 11.8 Å². The van der Waals surface area contributed by atoms with Gasteiger partial charge < -0.3 is 5.73 Å². The lowest BCUT2D eigenvalue weighted by molar-refractivity contribution is -0.0380. The maximum absolute atomic E-state index is 6.30. The smallest absolute Gasteiger partial charge is 0.0337 e. The van der Waals surface area contributed by atoms with E-state index in [2.05, 4.69) is 58.4 Å². The van der Waals surface area contributed by atoms with E-state index in [4.69, 9.17) is 5.73 Å². The van der Waals surface area contributed by atoms with Gasteiger partial charge in [-0.3, -0.25) is 9.80 Å². The summed E-state index contributed by atoms with van der Waals surface area (Å²) in [6.45, 7) is 18.2. The molecular weight excluding hydrogens is 246 g/mol. The van der Waals surface area contributed by atoms with Crippen LogP contribution in [0.4, 0.5) is 0 Å². The van der Waals surface area contributed by atoms with Crippen molar-refractivity contribution < 1.29 is 0 Å². The summed E-state index contributed by atoms with van der Waals surface area (Å²) in [6.07, 6.45) is 2.42. The third-order valence-corrected chi connectivity index (χ3v) is 4.94. The summed E-state index contributed by atoms with van der Waals surface area (Å²) in [4.78, 5) is 5.18. The third kappa shape index (κ3) is 4.19. The summed E-state index contributed by atoms with van der Waals surface area (Å²) in [5.41, 5.74) is 6.73. The van der Waals surface area contributed by atoms with Crippen LogP contribution in [0.5, 0.6) is 0 Å². The van der Waals surface area contributed by atoms with Crippen molar-refractivity contribution in [2.75, 3.05) is 33.2 Å². The van der Waals surface area contributed by atoms with Crippen molar-refractivity contribution in [3.05, 3.63) is 0 Å². The molecule has 0 bridgehead atoms. The lowest BCUT2D eigenvalue weighted by Crippen LogP contribution is -2.66. The predicted molar refractivity (Wildman–Crippen MR) is 89.0 cm³/mol. The Bertz CT molecular complexity index is 287. The minimum atomic E-state index is 0.181. The van der Waals surface area contributed by atoms with Crippen molar-refractivity contribution in [2.45, 2.75) is 65.5 Å². The molecule has 1 aliphatic heterocycles. The van der Waals surface area contributed by atoms with Crippen LogP contribution >= 0.6 is 0 Å². The average Bonchev–Trinajstić information content (AvgIpc) is 2.30. The fourth-order valence-electron chi connectivity index (χ4n) is 3.80. The molecule has 0 aromatic rings. The highest BCUT2D eigenvalue weighted by Gasteiger charge is 2.42. The van der Waals surface area contributed by atoms with E-state index in [9.17, 15) is 0 Å². The summed E-state index contributed by atoms with van der Waals surface area (Å²) in [5, 5.41) is 0. The molecule has 1 rings (SSSR count). The maximum Gasteiger partial charge on any atom is 0.0337 e. The van der Waals surface area contributed by atoms with Gasteiger partial charge in [0.2, 0.25) is 0 Å². The number of hydrogen-bond donors (Lipinski definition) is 1. The Hall–Kier alpha value is -0.120. The Balaban J connectivity index is 2.97. The molecule has 1 fully saturated rings. The highest BCUT2D eigenvalue weighted by atomic mass is 15.3. The molecule has 120 valence electrons. The van der Waals surface area contributed by atoms with Gasteiger partial charge in [0.1, 0.15) is 0 Å². The second-order valence-electron chi connectivity index (χ2n) is 8.28. The summed E-state index contributed by atoms with van der Waals surface area (Å²) in [7, 11) is 2.24. The second kappa shape index (κ2) is 6.76. The van der Waals surface area contributed by atoms with E-state index in [1.807, 2.05) is 0 Å². The molecule has 2 N–H and O–H groups in total. The first-order valence-electron chi connectivity index (χ1n) is 8.29. The first-order valence-corrected chi connectivity index (χ1v) is 8.29. The van der Waals surface area contributed by atoms with Crippen LogP contribution in [0.25, 0.3) is 0 Å². The second-order valence-corrected chi connectivity index (χ2v) is 8.28. The van der Waals surface area contributed by atoms with E-state index < -0.39 is 0 Å². The molecule has 1 aliphatic rings. The van der Waals surface area contributed by atoms with Crippen LogP contribution in [0.15, 0.2) is 0 Å². The Morgan fingerprint density at radius 1 is 1.05 bits per heavy atom. The van der Waals surface area contributed by atoms with Gasteiger partial charge in [0.15, 0.2) is 0 Å². The van der Waals surface area contributed by atoms with Gasteiger partial charge in [0.05, 0.1) is 0 Å². The fraction of sp³-hybridized carbons (Fsp3) is 1.00. The van der Waals surface area contributed by atoms with Crippen molar-refractivity contribution in [1.82, 2.24) is 9.80 Å². The van der Waals surface area contributed by atoms with E-state index in [0.29, 0.717) is 11.8 Å². The fourth-order valence-corrected chi connectivity index (χ4v) is 3.80. The highest BCUT2D eigenvalue weighted by molar-refractivity contribution is 4.99. The molecule has 0 aromatic heterocycles. The molecule has 1 heterocycles. The topological polar surface area (TPSA) is 32.5 Å². The molecule has 0 aliphatic carbocycles. The summed E-state index contributed by atoms with van der Waals surface area (Å²) in [5.74, 6) is 1.39. The number of hydrogen-bond acceptors (Lipinski definition) is 3. The van der Waals surface area contributed by atoms with Crippen LogP contribution in [0.2, 0.25) is 0 Å². The van der Waals surface area contributed by atoms with Crippen molar-refractivity contribution in [2.24, 2.45) is 17.6 Å². The van der Waals surface area contributed by atoms with E-state index >= 15 is 0 Å². The van der Waals surface area contributed by atoms with E-state index in [1.165, 1.54) is 12.8 Å². The quantitative estimate of drug-likeness (QED) is 0.813. The van der Waals surface area contributed by atoms with Crippen LogP contribution in [-0.2, 0) is 0 Å². The molecule has 0 saturated carbocycles. The molecule has 0 atom stereocenters. The molecule has 3 heteroatoms. The standard InChI is InChI=1S/C17H37N3/c1-14(2)10-17(12-18,11-15(3)4)20-9-8-19(7)16(5,6)13-20/h14-15H,8-13,18H2,1-7H3. The normalized spacial score (nSPS) is 21.9. The molecule has 0 radical (unpaired) electrons. The zero-order chi connectivity index (χ0) is 15.6. The van der Waals surface area contributed by atoms with E-state index in [1.54, 1.807) is 0 Å². The molecular formula is C17H37N3. The number of piperazine rings is 1. The zero-order valence-electron chi connectivity index (χ0n) is 14.9. The molecule has 0 unspecified atom stereocenters. The first kappa shape index (κ1) is 17.9. The van der Waals surface area contributed by atoms with Gasteiger partial charge in [-0.25, -0.2) is 0 Å². The predicted octanol–water partition coefficient (Wildman–Crippen LogP) is 2.80. The lowest BCUT2D eigenvalue weighted by atomic mass is 9.78. The molecule has 0 amide bonds. The number of nitrogens with two attached hydrogens (primary N) is 1. The molecule has 3 nitrogen and oxygen atoms in total. The number of likely N-dealkylation sites (N-methyl/N-ethyl adjacent to an activating group) is 1. The van der Waals surface area contributed by atoms with Gasteiger partial charge in [-0.2, -0.15) is 0 Å². The third-order valence-electron chi connectivity index (χ3n) is 4.94. The summed E-state index contributed by atoms with van der Waals surface area (Å²) in [6, 6.07) is 0. The first-order chi connectivity index (χ1) is 9.13. The monoisotopic (exact) mass is 283 g/mol. The lowest BCUT2D eigenvalue weighted by Gasteiger charge is -2.54. The number of nitrogens with zero attached hydrogens (tertiary/aromatic N) is 2. The van der Waals surface area contributed by atoms with Crippen LogP contribution in [-0.4, -0.2) is 54.1 Å². The SMILES string of the molecule is CC(C)CC(CN)(CC(C)C)N1CCN(C)C(C)(C)C1. The average molecular weight is 284 g/mol. The van der Waals surface area contributed by atoms with Gasteiger partial charge in [0, 0.05) is 37.3 Å². The van der Waals surface area contributed by atoms with Gasteiger partial charge in [-0.05, 0) is 45.6 Å². The number of rotatable bonds is 6. The van der Waals surface area contributed by atoms with E-state index in [-0.39, 0.29) is 11.1 Å². The van der Waals surface area contributed by atoms with E-state index in [0.717, 1.165) is 26.2 Å². The van der Waals surface area contributed by atoms with Crippen molar-refractivity contribution in [1.29, 1.82) is 0 Å². The Morgan fingerprint density at radius 2 is 1.55 bits per heavy atom. The largest absolute Gasteiger partial charge is 0.329 e. The molecule has 20 heavy (non-hydrogen) atoms. The van der Waals surface area contributed by atoms with Crippen LogP contribution in [0.3, 0.4) is 0 Å². The van der Waals surface area contributed by atoms with Crippen molar-refractivity contribution in [3.63, 3.8) is 0 Å². The highest BCUT2D eigenvalue weighted by Crippen LogP contribution is 2.34. The Kier molecular flexibility index (Phi) is 6.06. The van der Waals surface area contributed by atoms with Crippen molar-refractivity contribution >= 4 is 0 Å². The van der Waals surface area contributed by atoms with Crippen LogP contribution in [0.1, 0.15) is 54.4 Å². The minimum absolute atomic E-state index is 0.181. The Morgan fingerprint density at radius 3 is 1.90 bits per heavy atom. The van der Waals surface area contributed by atoms with Crippen LogP contribution < -0.4 is 5.73 Å². The summed E-state index contributed by atoms with van der Waals surface area (Å²) >= 11 is 0. The maximum atomic E-state index is 6.30. The molecule has 0 spiro atoms. The molecule has 0 aromatic carbocycles. The summed E-state index contributed by atoms with van der Waals surface area (Å²) < 4.78 is 0. The Labute approximate surface area is 126 Å². The van der Waals surface area contributed by atoms with Gasteiger partial charge in [-0.15, -0.1) is 0 Å². The molecule has 1 saturated heterocycles. The minimum Gasteiger partial charge on any atom is -0.329 e.